The number of carbonyl (C=O) groups is 2. The Kier molecular flexibility index (Phi) is 6.26. The number of nitrogens with one attached hydrogen (secondary N) is 1. The maximum atomic E-state index is 12.2. The Balaban J connectivity index is 1.98. The van der Waals surface area contributed by atoms with Gasteiger partial charge in [0.15, 0.2) is 6.10 Å². The van der Waals surface area contributed by atoms with E-state index in [0.717, 1.165) is 4.90 Å². The van der Waals surface area contributed by atoms with Gasteiger partial charge in [-0.3, -0.25) is 4.79 Å². The smallest absolute Gasteiger partial charge is 0.340 e. The number of carbonyl (C=O) groups excluding carboxylic acids is 2. The molecule has 0 aromatic heterocycles. The Morgan fingerprint density at radius 1 is 1.08 bits per heavy atom. The molecule has 0 heterocycles. The predicted molar refractivity (Wildman–Crippen MR) is 94.7 cm³/mol. The van der Waals surface area contributed by atoms with Crippen LogP contribution in [0.2, 0.25) is 0 Å². The second kappa shape index (κ2) is 8.40. The molecule has 0 aliphatic rings. The van der Waals surface area contributed by atoms with Gasteiger partial charge in [-0.05, 0) is 49.6 Å². The van der Waals surface area contributed by atoms with Gasteiger partial charge in [0.05, 0.1) is 12.7 Å². The molecular formula is C18H19NO4S. The molecular weight excluding hydrogens is 326 g/mol. The quantitative estimate of drug-likeness (QED) is 0.640. The van der Waals surface area contributed by atoms with E-state index < -0.39 is 18.0 Å². The lowest BCUT2D eigenvalue weighted by Gasteiger charge is -2.14. The zero-order valence-corrected chi connectivity index (χ0v) is 14.6. The summed E-state index contributed by atoms with van der Waals surface area (Å²) in [7, 11) is 1.57. The summed E-state index contributed by atoms with van der Waals surface area (Å²) in [6, 6.07) is 14.0. The van der Waals surface area contributed by atoms with Crippen LogP contribution in [-0.4, -0.2) is 31.3 Å². The number of anilines is 1. The lowest BCUT2D eigenvalue weighted by Crippen LogP contribution is -2.30. The summed E-state index contributed by atoms with van der Waals surface area (Å²) in [5, 5.41) is 2.70. The fourth-order valence-corrected chi connectivity index (χ4v) is 2.60. The van der Waals surface area contributed by atoms with E-state index >= 15 is 0 Å². The predicted octanol–water partition coefficient (Wildman–Crippen LogP) is 3.60. The SMILES string of the molecule is COc1ccc(NC(=O)[C@H](C)OC(=O)c2ccccc2SC)cc1. The van der Waals surface area contributed by atoms with Crippen LogP contribution < -0.4 is 10.1 Å². The molecule has 0 aliphatic carbocycles. The van der Waals surface area contributed by atoms with Crippen LogP contribution in [0.15, 0.2) is 53.4 Å². The summed E-state index contributed by atoms with van der Waals surface area (Å²) >= 11 is 1.45. The Morgan fingerprint density at radius 2 is 1.75 bits per heavy atom. The minimum atomic E-state index is -0.908. The average molecular weight is 345 g/mol. The van der Waals surface area contributed by atoms with Gasteiger partial charge in [-0.15, -0.1) is 11.8 Å². The first-order chi connectivity index (χ1) is 11.5. The maximum absolute atomic E-state index is 12.2. The molecule has 2 aromatic rings. The Hall–Kier alpha value is -2.47. The van der Waals surface area contributed by atoms with Crippen LogP contribution in [0.3, 0.4) is 0 Å². The van der Waals surface area contributed by atoms with Gasteiger partial charge >= 0.3 is 5.97 Å². The third-order valence-corrected chi connectivity index (χ3v) is 4.13. The minimum Gasteiger partial charge on any atom is -0.497 e. The van der Waals surface area contributed by atoms with Gasteiger partial charge in [-0.25, -0.2) is 4.79 Å². The van der Waals surface area contributed by atoms with Crippen LogP contribution in [0.1, 0.15) is 17.3 Å². The van der Waals surface area contributed by atoms with Gasteiger partial charge in [-0.1, -0.05) is 12.1 Å². The topological polar surface area (TPSA) is 64.6 Å². The average Bonchev–Trinajstić information content (AvgIpc) is 2.62. The van der Waals surface area contributed by atoms with Crippen molar-refractivity contribution >= 4 is 29.3 Å². The molecule has 24 heavy (non-hydrogen) atoms. The molecule has 6 heteroatoms. The molecule has 2 aromatic carbocycles. The van der Waals surface area contributed by atoms with Crippen molar-refractivity contribution in [1.29, 1.82) is 0 Å². The summed E-state index contributed by atoms with van der Waals surface area (Å²) in [6.07, 6.45) is 0.973. The zero-order valence-electron chi connectivity index (χ0n) is 13.7. The van der Waals surface area contributed by atoms with Crippen LogP contribution in [-0.2, 0) is 9.53 Å². The standard InChI is InChI=1S/C18H19NO4S/c1-12(17(20)19-13-8-10-14(22-2)11-9-13)23-18(21)15-6-4-5-7-16(15)24-3/h4-12H,1-3H3,(H,19,20)/t12-/m0/s1. The van der Waals surface area contributed by atoms with Crippen LogP contribution in [0.4, 0.5) is 5.69 Å². The first-order valence-corrected chi connectivity index (χ1v) is 8.56. The van der Waals surface area contributed by atoms with Gasteiger partial charge in [0.2, 0.25) is 0 Å². The van der Waals surface area contributed by atoms with Crippen molar-refractivity contribution in [3.05, 3.63) is 54.1 Å². The normalized spacial score (nSPS) is 11.5. The van der Waals surface area contributed by atoms with Gasteiger partial charge in [0, 0.05) is 10.6 Å². The van der Waals surface area contributed by atoms with Crippen molar-refractivity contribution in [2.75, 3.05) is 18.7 Å². The molecule has 0 aliphatic heterocycles. The Labute approximate surface area is 145 Å². The fraction of sp³-hybridized carbons (Fsp3) is 0.222. The summed E-state index contributed by atoms with van der Waals surface area (Å²) in [6.45, 7) is 1.54. The number of methoxy groups -OCH3 is 1. The lowest BCUT2D eigenvalue weighted by molar-refractivity contribution is -0.123. The number of esters is 1. The molecule has 0 radical (unpaired) electrons. The van der Waals surface area contributed by atoms with Crippen molar-refractivity contribution in [3.63, 3.8) is 0 Å². The first-order valence-electron chi connectivity index (χ1n) is 7.34. The molecule has 1 atom stereocenters. The second-order valence-corrected chi connectivity index (χ2v) is 5.81. The lowest BCUT2D eigenvalue weighted by atomic mass is 10.2. The fourth-order valence-electron chi connectivity index (χ4n) is 2.01. The molecule has 126 valence electrons. The number of ether oxygens (including phenoxy) is 2. The number of benzene rings is 2. The highest BCUT2D eigenvalue weighted by atomic mass is 32.2. The van der Waals surface area contributed by atoms with E-state index in [0.29, 0.717) is 17.0 Å². The van der Waals surface area contributed by atoms with E-state index in [1.807, 2.05) is 18.4 Å². The summed E-state index contributed by atoms with van der Waals surface area (Å²) < 4.78 is 10.3. The van der Waals surface area contributed by atoms with E-state index in [1.165, 1.54) is 11.8 Å². The third kappa shape index (κ3) is 4.52. The number of thioether (sulfide) groups is 1. The van der Waals surface area contributed by atoms with Gasteiger partial charge < -0.3 is 14.8 Å². The van der Waals surface area contributed by atoms with Crippen molar-refractivity contribution in [2.45, 2.75) is 17.9 Å². The van der Waals surface area contributed by atoms with E-state index in [1.54, 1.807) is 50.4 Å². The molecule has 0 unspecified atom stereocenters. The first kappa shape index (κ1) is 17.9. The minimum absolute atomic E-state index is 0.393. The van der Waals surface area contributed by atoms with Crippen molar-refractivity contribution in [2.24, 2.45) is 0 Å². The molecule has 2 rings (SSSR count). The molecule has 0 saturated carbocycles. The van der Waals surface area contributed by atoms with Crippen molar-refractivity contribution in [3.8, 4) is 5.75 Å². The molecule has 5 nitrogen and oxygen atoms in total. The molecule has 0 saturated heterocycles. The second-order valence-electron chi connectivity index (χ2n) is 4.97. The molecule has 1 N–H and O–H groups in total. The highest BCUT2D eigenvalue weighted by Gasteiger charge is 2.20. The molecule has 0 bridgehead atoms. The number of rotatable bonds is 6. The van der Waals surface area contributed by atoms with E-state index in [9.17, 15) is 9.59 Å². The summed E-state index contributed by atoms with van der Waals surface area (Å²) in [5.74, 6) is -0.214. The largest absolute Gasteiger partial charge is 0.497 e. The van der Waals surface area contributed by atoms with E-state index in [2.05, 4.69) is 5.32 Å². The Bertz CT molecular complexity index is 715. The van der Waals surface area contributed by atoms with Crippen LogP contribution in [0, 0.1) is 0 Å². The van der Waals surface area contributed by atoms with Gasteiger partial charge in [-0.2, -0.15) is 0 Å². The summed E-state index contributed by atoms with van der Waals surface area (Å²) in [4.78, 5) is 25.2. The maximum Gasteiger partial charge on any atom is 0.340 e. The molecule has 0 spiro atoms. The highest BCUT2D eigenvalue weighted by Crippen LogP contribution is 2.21. The number of hydrogen-bond acceptors (Lipinski definition) is 5. The Morgan fingerprint density at radius 3 is 2.38 bits per heavy atom. The van der Waals surface area contributed by atoms with Crippen molar-refractivity contribution < 1.29 is 19.1 Å². The van der Waals surface area contributed by atoms with Crippen LogP contribution >= 0.6 is 11.8 Å². The van der Waals surface area contributed by atoms with E-state index in [4.69, 9.17) is 9.47 Å². The zero-order chi connectivity index (χ0) is 17.5. The van der Waals surface area contributed by atoms with Gasteiger partial charge in [0.25, 0.3) is 5.91 Å². The highest BCUT2D eigenvalue weighted by molar-refractivity contribution is 7.98. The van der Waals surface area contributed by atoms with Crippen LogP contribution in [0.25, 0.3) is 0 Å². The third-order valence-electron chi connectivity index (χ3n) is 3.34. The number of hydrogen-bond donors (Lipinski definition) is 1. The van der Waals surface area contributed by atoms with Crippen molar-refractivity contribution in [1.82, 2.24) is 0 Å². The van der Waals surface area contributed by atoms with Crippen LogP contribution in [0.5, 0.6) is 5.75 Å². The molecule has 1 amide bonds. The number of amides is 1. The van der Waals surface area contributed by atoms with Gasteiger partial charge in [0.1, 0.15) is 5.75 Å². The molecule has 0 fully saturated rings. The summed E-state index contributed by atoms with van der Waals surface area (Å²) in [5.41, 5.74) is 1.06. The monoisotopic (exact) mass is 345 g/mol. The van der Waals surface area contributed by atoms with E-state index in [-0.39, 0.29) is 0 Å².